The molecule has 1 amide bonds. The van der Waals surface area contributed by atoms with Gasteiger partial charge in [-0.3, -0.25) is 9.69 Å². The van der Waals surface area contributed by atoms with E-state index in [2.05, 4.69) is 4.90 Å². The van der Waals surface area contributed by atoms with Gasteiger partial charge in [0.15, 0.2) is 5.13 Å². The predicted molar refractivity (Wildman–Crippen MR) is 109 cm³/mol. The molecule has 1 aromatic carbocycles. The first-order valence-corrected chi connectivity index (χ1v) is 9.76. The van der Waals surface area contributed by atoms with Crippen molar-refractivity contribution >= 4 is 56.6 Å². The Bertz CT molecular complexity index is 713. The molecule has 0 radical (unpaired) electrons. The predicted octanol–water partition coefficient (Wildman–Crippen LogP) is 4.85. The van der Waals surface area contributed by atoms with Gasteiger partial charge in [-0.15, -0.1) is 12.4 Å². The molecule has 1 aromatic heterocycles. The molecule has 3 rings (SSSR count). The standard InChI is InChI=1S/C18H24ClN3OS.ClH/c1-21(2)10-11-22(17(23)13-6-4-3-5-7-13)18-20-15-9-8-14(19)12-16(15)24-18;/h8-9,12-13H,3-7,10-11H2,1-2H3;1H. The van der Waals surface area contributed by atoms with Gasteiger partial charge in [-0.2, -0.15) is 0 Å². The van der Waals surface area contributed by atoms with Crippen LogP contribution in [0.4, 0.5) is 5.13 Å². The first-order valence-electron chi connectivity index (χ1n) is 8.57. The number of fused-ring (bicyclic) bond motifs is 1. The normalized spacial score (nSPS) is 15.4. The van der Waals surface area contributed by atoms with E-state index in [1.807, 2.05) is 37.2 Å². The molecule has 0 N–H and O–H groups in total. The average Bonchev–Trinajstić information content (AvgIpc) is 2.98. The highest BCUT2D eigenvalue weighted by atomic mass is 35.5. The van der Waals surface area contributed by atoms with Gasteiger partial charge >= 0.3 is 0 Å². The summed E-state index contributed by atoms with van der Waals surface area (Å²) in [5, 5.41) is 1.50. The summed E-state index contributed by atoms with van der Waals surface area (Å²) < 4.78 is 1.03. The Kier molecular flexibility index (Phi) is 7.50. The Labute approximate surface area is 164 Å². The maximum atomic E-state index is 13.1. The Morgan fingerprint density at radius 3 is 2.64 bits per heavy atom. The van der Waals surface area contributed by atoms with Crippen LogP contribution in [0.3, 0.4) is 0 Å². The first-order chi connectivity index (χ1) is 11.5. The number of halogens is 2. The van der Waals surface area contributed by atoms with E-state index in [0.29, 0.717) is 11.6 Å². The highest BCUT2D eigenvalue weighted by Crippen LogP contribution is 2.33. The number of carbonyl (C=O) groups excluding carboxylic acids is 1. The van der Waals surface area contributed by atoms with Crippen LogP contribution in [-0.2, 0) is 4.79 Å². The lowest BCUT2D eigenvalue weighted by atomic mass is 9.88. The summed E-state index contributed by atoms with van der Waals surface area (Å²) in [5.74, 6) is 0.387. The summed E-state index contributed by atoms with van der Waals surface area (Å²) >= 11 is 7.64. The topological polar surface area (TPSA) is 36.4 Å². The molecule has 0 atom stereocenters. The van der Waals surface area contributed by atoms with Gasteiger partial charge in [0.2, 0.25) is 5.91 Å². The maximum Gasteiger partial charge on any atom is 0.231 e. The maximum absolute atomic E-state index is 13.1. The second kappa shape index (κ2) is 9.17. The highest BCUT2D eigenvalue weighted by molar-refractivity contribution is 7.22. The Hall–Kier alpha value is -0.880. The van der Waals surface area contributed by atoms with Crippen LogP contribution in [0.1, 0.15) is 32.1 Å². The molecule has 25 heavy (non-hydrogen) atoms. The van der Waals surface area contributed by atoms with Crippen LogP contribution in [0.25, 0.3) is 10.2 Å². The number of hydrogen-bond donors (Lipinski definition) is 0. The number of benzene rings is 1. The van der Waals surface area contributed by atoms with Crippen molar-refractivity contribution in [1.29, 1.82) is 0 Å². The Morgan fingerprint density at radius 2 is 1.96 bits per heavy atom. The van der Waals surface area contributed by atoms with Crippen molar-refractivity contribution in [1.82, 2.24) is 9.88 Å². The third-order valence-corrected chi connectivity index (χ3v) is 5.84. The van der Waals surface area contributed by atoms with E-state index >= 15 is 0 Å². The summed E-state index contributed by atoms with van der Waals surface area (Å²) in [6, 6.07) is 5.70. The second-order valence-corrected chi connectivity index (χ2v) is 8.18. The lowest BCUT2D eigenvalue weighted by Gasteiger charge is -2.28. The Balaban J connectivity index is 0.00000225. The first kappa shape index (κ1) is 20.4. The van der Waals surface area contributed by atoms with E-state index in [4.69, 9.17) is 16.6 Å². The van der Waals surface area contributed by atoms with Crippen molar-refractivity contribution < 1.29 is 4.79 Å². The van der Waals surface area contributed by atoms with Crippen LogP contribution in [0.5, 0.6) is 0 Å². The zero-order valence-electron chi connectivity index (χ0n) is 14.7. The van der Waals surface area contributed by atoms with Gasteiger partial charge in [0.05, 0.1) is 10.2 Å². The molecule has 1 saturated carbocycles. The lowest BCUT2D eigenvalue weighted by molar-refractivity contribution is -0.123. The average molecular weight is 402 g/mol. The molecule has 2 aromatic rings. The van der Waals surface area contributed by atoms with E-state index in [0.717, 1.165) is 47.6 Å². The van der Waals surface area contributed by atoms with Gasteiger partial charge in [-0.1, -0.05) is 42.2 Å². The number of rotatable bonds is 5. The van der Waals surface area contributed by atoms with E-state index in [-0.39, 0.29) is 24.2 Å². The fourth-order valence-electron chi connectivity index (χ4n) is 3.17. The molecule has 1 heterocycles. The number of aromatic nitrogens is 1. The molecule has 138 valence electrons. The third-order valence-electron chi connectivity index (χ3n) is 4.56. The quantitative estimate of drug-likeness (QED) is 0.718. The molecule has 4 nitrogen and oxygen atoms in total. The zero-order chi connectivity index (χ0) is 17.1. The number of thiazole rings is 1. The zero-order valence-corrected chi connectivity index (χ0v) is 17.1. The largest absolute Gasteiger partial charge is 0.308 e. The van der Waals surface area contributed by atoms with Gasteiger partial charge in [0.25, 0.3) is 0 Å². The lowest BCUT2D eigenvalue weighted by Crippen LogP contribution is -2.41. The van der Waals surface area contributed by atoms with Crippen molar-refractivity contribution in [3.8, 4) is 0 Å². The van der Waals surface area contributed by atoms with Crippen molar-refractivity contribution in [2.75, 3.05) is 32.1 Å². The van der Waals surface area contributed by atoms with Crippen molar-refractivity contribution in [2.24, 2.45) is 5.92 Å². The summed E-state index contributed by atoms with van der Waals surface area (Å²) in [5.41, 5.74) is 0.908. The van der Waals surface area contributed by atoms with Crippen molar-refractivity contribution in [2.45, 2.75) is 32.1 Å². The molecule has 1 aliphatic rings. The van der Waals surface area contributed by atoms with Crippen LogP contribution in [-0.4, -0.2) is 43.0 Å². The monoisotopic (exact) mass is 401 g/mol. The number of hydrogen-bond acceptors (Lipinski definition) is 4. The van der Waals surface area contributed by atoms with Crippen molar-refractivity contribution in [3.63, 3.8) is 0 Å². The second-order valence-electron chi connectivity index (χ2n) is 6.74. The smallest absolute Gasteiger partial charge is 0.231 e. The van der Waals surface area contributed by atoms with Gasteiger partial charge in [-0.05, 0) is 45.1 Å². The summed E-state index contributed by atoms with van der Waals surface area (Å²) in [6.45, 7) is 1.50. The number of carbonyl (C=O) groups is 1. The number of nitrogens with zero attached hydrogens (tertiary/aromatic N) is 3. The summed E-state index contributed by atoms with van der Waals surface area (Å²) in [6.07, 6.45) is 5.59. The van der Waals surface area contributed by atoms with Gasteiger partial charge in [0.1, 0.15) is 0 Å². The van der Waals surface area contributed by atoms with Gasteiger partial charge < -0.3 is 4.90 Å². The molecule has 1 fully saturated rings. The molecule has 0 spiro atoms. The fourth-order valence-corrected chi connectivity index (χ4v) is 4.44. The van der Waals surface area contributed by atoms with Crippen LogP contribution >= 0.6 is 35.3 Å². The van der Waals surface area contributed by atoms with E-state index in [9.17, 15) is 4.79 Å². The van der Waals surface area contributed by atoms with Crippen LogP contribution < -0.4 is 4.90 Å². The fraction of sp³-hybridized carbons (Fsp3) is 0.556. The molecule has 7 heteroatoms. The number of amides is 1. The van der Waals surface area contributed by atoms with Gasteiger partial charge in [0, 0.05) is 24.0 Å². The minimum absolute atomic E-state index is 0. The van der Waals surface area contributed by atoms with Gasteiger partial charge in [-0.25, -0.2) is 4.98 Å². The molecule has 1 aliphatic carbocycles. The molecular weight excluding hydrogens is 377 g/mol. The SMILES string of the molecule is CN(C)CCN(C(=O)C1CCCCC1)c1nc2ccc(Cl)cc2s1.Cl. The van der Waals surface area contributed by atoms with Crippen LogP contribution in [0, 0.1) is 5.92 Å². The molecule has 0 aliphatic heterocycles. The minimum Gasteiger partial charge on any atom is -0.308 e. The van der Waals surface area contributed by atoms with E-state index in [1.54, 1.807) is 11.3 Å². The number of anilines is 1. The molecule has 0 saturated heterocycles. The number of likely N-dealkylation sites (N-methyl/N-ethyl adjacent to an activating group) is 1. The molecule has 0 unspecified atom stereocenters. The van der Waals surface area contributed by atoms with Crippen LogP contribution in [0.2, 0.25) is 5.02 Å². The molecule has 0 bridgehead atoms. The third kappa shape index (κ3) is 5.07. The van der Waals surface area contributed by atoms with E-state index < -0.39 is 0 Å². The minimum atomic E-state index is 0. The van der Waals surface area contributed by atoms with E-state index in [1.165, 1.54) is 6.42 Å². The van der Waals surface area contributed by atoms with Crippen LogP contribution in [0.15, 0.2) is 18.2 Å². The summed E-state index contributed by atoms with van der Waals surface area (Å²) in [7, 11) is 4.06. The summed E-state index contributed by atoms with van der Waals surface area (Å²) in [4.78, 5) is 21.8. The highest BCUT2D eigenvalue weighted by Gasteiger charge is 2.28. The molecular formula is C18H25Cl2N3OS. The van der Waals surface area contributed by atoms with Crippen molar-refractivity contribution in [3.05, 3.63) is 23.2 Å². The Morgan fingerprint density at radius 1 is 1.24 bits per heavy atom.